The number of halogens is 1. The van der Waals surface area contributed by atoms with Gasteiger partial charge in [0, 0.05) is 31.8 Å². The molecule has 238 valence electrons. The maximum absolute atomic E-state index is 14.3. The van der Waals surface area contributed by atoms with Crippen LogP contribution >= 0.6 is 0 Å². The Morgan fingerprint density at radius 2 is 1.86 bits per heavy atom. The molecule has 0 saturated carbocycles. The molecule has 0 aliphatic heterocycles. The lowest BCUT2D eigenvalue weighted by Crippen LogP contribution is -2.58. The molecule has 44 heavy (non-hydrogen) atoms. The van der Waals surface area contributed by atoms with E-state index in [-0.39, 0.29) is 49.1 Å². The van der Waals surface area contributed by atoms with Gasteiger partial charge in [0.1, 0.15) is 35.3 Å². The largest absolute Gasteiger partial charge is 0.391 e. The molecule has 1 heterocycles. The number of hydrogen-bond donors (Lipinski definition) is 4. The Morgan fingerprint density at radius 3 is 2.43 bits per heavy atom. The molecule has 2 rings (SSSR count). The monoisotopic (exact) mass is 614 g/mol. The number of hydrogen-bond acceptors (Lipinski definition) is 9. The van der Waals surface area contributed by atoms with Gasteiger partial charge in [-0.2, -0.15) is 5.26 Å². The fourth-order valence-electron chi connectivity index (χ4n) is 3.84. The highest BCUT2D eigenvalue weighted by atomic mass is 19.1. The van der Waals surface area contributed by atoms with Crippen molar-refractivity contribution in [2.75, 3.05) is 26.8 Å². The van der Waals surface area contributed by atoms with Crippen molar-refractivity contribution in [3.05, 3.63) is 64.3 Å². The van der Waals surface area contributed by atoms with E-state index in [0.29, 0.717) is 11.3 Å². The molecule has 0 radical (unpaired) electrons. The number of rotatable bonds is 15. The van der Waals surface area contributed by atoms with E-state index in [1.165, 1.54) is 37.1 Å². The van der Waals surface area contributed by atoms with Gasteiger partial charge >= 0.3 is 0 Å². The van der Waals surface area contributed by atoms with Crippen molar-refractivity contribution in [3.63, 3.8) is 0 Å². The molecule has 2 aromatic rings. The number of nitriles is 1. The Hall–Kier alpha value is -4.61. The van der Waals surface area contributed by atoms with Crippen LogP contribution in [0.2, 0.25) is 0 Å². The smallest absolute Gasteiger partial charge is 0.274 e. The van der Waals surface area contributed by atoms with Crippen molar-refractivity contribution in [1.29, 1.82) is 5.26 Å². The Kier molecular flexibility index (Phi) is 13.7. The Balaban J connectivity index is 2.12. The van der Waals surface area contributed by atoms with E-state index >= 15 is 0 Å². The first kappa shape index (κ1) is 35.6. The van der Waals surface area contributed by atoms with Gasteiger partial charge in [0.2, 0.25) is 11.8 Å². The number of nitrogens with zero attached hydrogens (tertiary/aromatic N) is 3. The lowest BCUT2D eigenvalue weighted by molar-refractivity contribution is -0.133. The summed E-state index contributed by atoms with van der Waals surface area (Å²) in [5.74, 6) is -3.07. The van der Waals surface area contributed by atoms with Gasteiger partial charge in [-0.1, -0.05) is 37.2 Å². The number of likely N-dealkylation sites (N-methyl/N-ethyl adjacent to an activating group) is 1. The molecule has 13 nitrogen and oxygen atoms in total. The number of aliphatic hydroxyl groups excluding tert-OH is 1. The van der Waals surface area contributed by atoms with Crippen molar-refractivity contribution < 1.29 is 37.9 Å². The van der Waals surface area contributed by atoms with Gasteiger partial charge in [-0.3, -0.25) is 19.2 Å². The normalized spacial score (nSPS) is 13.4. The number of nitrogens with one attached hydrogen (secondary N) is 3. The topological polar surface area (TPSA) is 187 Å². The number of amides is 4. The maximum atomic E-state index is 14.3. The van der Waals surface area contributed by atoms with Gasteiger partial charge in [-0.15, -0.1) is 0 Å². The standard InChI is InChI=1S/C30H39FN6O7/c1-17(2)11-22(14-32)30(42)37(6)9-10-43-16-25(27(39)33-15-21-8-7-18(3)12-23(21)31)34-29(41)26(20(5)38)35-28(40)24-13-19(4)44-36-24/h7-8,11-13,17,20,25-26,38H,9-10,15-16H2,1-6H3,(H,33,39)(H,34,41)(H,35,40)/b22-11+/t20-,25+,26+/m1/s1. The van der Waals surface area contributed by atoms with Crippen LogP contribution in [-0.4, -0.2) is 83.8 Å². The molecule has 0 aliphatic rings. The van der Waals surface area contributed by atoms with Crippen LogP contribution in [-0.2, 0) is 25.7 Å². The second-order valence-corrected chi connectivity index (χ2v) is 10.6. The number of aliphatic hydroxyl groups is 1. The number of carbonyl (C=O) groups is 4. The average molecular weight is 615 g/mol. The summed E-state index contributed by atoms with van der Waals surface area (Å²) in [6, 6.07) is 4.94. The molecule has 4 N–H and O–H groups in total. The molecular formula is C30H39FN6O7. The molecular weight excluding hydrogens is 575 g/mol. The number of aryl methyl sites for hydroxylation is 2. The van der Waals surface area contributed by atoms with E-state index in [2.05, 4.69) is 21.1 Å². The van der Waals surface area contributed by atoms with Crippen LogP contribution in [0.4, 0.5) is 4.39 Å². The third kappa shape index (κ3) is 10.9. The molecule has 0 unspecified atom stereocenters. The molecule has 0 fully saturated rings. The molecule has 0 saturated heterocycles. The number of aromatic nitrogens is 1. The summed E-state index contributed by atoms with van der Waals surface area (Å²) >= 11 is 0. The van der Waals surface area contributed by atoms with Gasteiger partial charge in [0.15, 0.2) is 5.69 Å². The maximum Gasteiger partial charge on any atom is 0.274 e. The van der Waals surface area contributed by atoms with Crippen molar-refractivity contribution in [2.45, 2.75) is 59.4 Å². The molecule has 0 aliphatic carbocycles. The average Bonchev–Trinajstić information content (AvgIpc) is 3.40. The first-order chi connectivity index (χ1) is 20.7. The van der Waals surface area contributed by atoms with Crippen molar-refractivity contribution >= 4 is 23.6 Å². The third-order valence-electron chi connectivity index (χ3n) is 6.26. The Morgan fingerprint density at radius 1 is 1.16 bits per heavy atom. The summed E-state index contributed by atoms with van der Waals surface area (Å²) in [5.41, 5.74) is 0.797. The quantitative estimate of drug-likeness (QED) is 0.130. The highest BCUT2D eigenvalue weighted by molar-refractivity contribution is 5.98. The van der Waals surface area contributed by atoms with E-state index < -0.39 is 47.6 Å². The zero-order valence-electron chi connectivity index (χ0n) is 25.6. The van der Waals surface area contributed by atoms with Gasteiger partial charge in [-0.05, 0) is 38.3 Å². The lowest BCUT2D eigenvalue weighted by atomic mass is 10.1. The number of ether oxygens (including phenoxy) is 1. The van der Waals surface area contributed by atoms with Crippen LogP contribution in [0.3, 0.4) is 0 Å². The van der Waals surface area contributed by atoms with Crippen LogP contribution < -0.4 is 16.0 Å². The fraction of sp³-hybridized carbons (Fsp3) is 0.467. The Bertz CT molecular complexity index is 1400. The van der Waals surface area contributed by atoms with E-state index in [1.54, 1.807) is 26.0 Å². The second kappa shape index (κ2) is 16.9. The summed E-state index contributed by atoms with van der Waals surface area (Å²) in [7, 11) is 1.49. The van der Waals surface area contributed by atoms with E-state index in [9.17, 15) is 33.9 Å². The summed E-state index contributed by atoms with van der Waals surface area (Å²) < 4.78 is 24.8. The molecule has 1 aromatic carbocycles. The van der Waals surface area contributed by atoms with E-state index in [0.717, 1.165) is 0 Å². The zero-order chi connectivity index (χ0) is 33.0. The highest BCUT2D eigenvalue weighted by Crippen LogP contribution is 2.10. The molecule has 3 atom stereocenters. The molecule has 0 spiro atoms. The van der Waals surface area contributed by atoms with Crippen LogP contribution in [0.25, 0.3) is 0 Å². The SMILES string of the molecule is Cc1ccc(CNC(=O)[C@H](COCCN(C)C(=O)/C(C#N)=C/C(C)C)NC(=O)[C@@H](NC(=O)c2cc(C)on2)[C@@H](C)O)c(F)c1. The van der Waals surface area contributed by atoms with E-state index in [1.807, 2.05) is 19.9 Å². The van der Waals surface area contributed by atoms with Crippen LogP contribution in [0, 0.1) is 36.9 Å². The van der Waals surface area contributed by atoms with Crippen molar-refractivity contribution in [1.82, 2.24) is 26.0 Å². The summed E-state index contributed by atoms with van der Waals surface area (Å²) in [5, 5.41) is 30.5. The Labute approximate surface area is 255 Å². The van der Waals surface area contributed by atoms with Crippen molar-refractivity contribution in [2.24, 2.45) is 5.92 Å². The van der Waals surface area contributed by atoms with Crippen molar-refractivity contribution in [3.8, 4) is 6.07 Å². The highest BCUT2D eigenvalue weighted by Gasteiger charge is 2.31. The minimum absolute atomic E-state index is 0.00941. The van der Waals surface area contributed by atoms with Gasteiger partial charge < -0.3 is 35.2 Å². The van der Waals surface area contributed by atoms with Gasteiger partial charge in [0.25, 0.3) is 11.8 Å². The first-order valence-corrected chi connectivity index (χ1v) is 13.9. The minimum Gasteiger partial charge on any atom is -0.391 e. The predicted molar refractivity (Wildman–Crippen MR) is 156 cm³/mol. The summed E-state index contributed by atoms with van der Waals surface area (Å²) in [6.07, 6.45) is 0.180. The first-order valence-electron chi connectivity index (χ1n) is 13.9. The van der Waals surface area contributed by atoms with Crippen LogP contribution in [0.15, 0.2) is 40.4 Å². The molecule has 4 amide bonds. The molecule has 1 aromatic heterocycles. The van der Waals surface area contributed by atoms with E-state index in [4.69, 9.17) is 9.26 Å². The minimum atomic E-state index is -1.48. The summed E-state index contributed by atoms with van der Waals surface area (Å²) in [4.78, 5) is 52.7. The lowest BCUT2D eigenvalue weighted by Gasteiger charge is -2.25. The van der Waals surface area contributed by atoms with Crippen LogP contribution in [0.1, 0.15) is 48.1 Å². The second-order valence-electron chi connectivity index (χ2n) is 10.6. The predicted octanol–water partition coefficient (Wildman–Crippen LogP) is 1.29. The number of benzene rings is 1. The third-order valence-corrected chi connectivity index (χ3v) is 6.26. The fourth-order valence-corrected chi connectivity index (χ4v) is 3.84. The molecule has 0 bridgehead atoms. The number of allylic oxidation sites excluding steroid dienone is 1. The van der Waals surface area contributed by atoms with Crippen LogP contribution in [0.5, 0.6) is 0 Å². The summed E-state index contributed by atoms with van der Waals surface area (Å²) in [6.45, 7) is 7.71. The van der Waals surface area contributed by atoms with Gasteiger partial charge in [-0.25, -0.2) is 4.39 Å². The van der Waals surface area contributed by atoms with Gasteiger partial charge in [0.05, 0.1) is 19.3 Å². The molecule has 14 heteroatoms. The number of carbonyl (C=O) groups excluding carboxylic acids is 4. The zero-order valence-corrected chi connectivity index (χ0v) is 25.6.